The van der Waals surface area contributed by atoms with Gasteiger partial charge < -0.3 is 5.11 Å². The van der Waals surface area contributed by atoms with E-state index in [0.717, 1.165) is 9.80 Å². The van der Waals surface area contributed by atoms with Crippen LogP contribution in [-0.2, 0) is 20.5 Å². The van der Waals surface area contributed by atoms with Crippen molar-refractivity contribution in [1.82, 2.24) is 0 Å². The van der Waals surface area contributed by atoms with Gasteiger partial charge in [0, 0.05) is 22.6 Å². The number of carbonyl (C=O) groups excluding carboxylic acids is 1. The Morgan fingerprint density at radius 1 is 0.757 bits per heavy atom. The predicted molar refractivity (Wildman–Crippen MR) is 155 cm³/mol. The van der Waals surface area contributed by atoms with E-state index in [9.17, 15) is 9.59 Å². The van der Waals surface area contributed by atoms with Crippen molar-refractivity contribution in [1.29, 1.82) is 0 Å². The molecule has 0 fully saturated rings. The number of ketones is 1. The van der Waals surface area contributed by atoms with E-state index in [1.165, 1.54) is 20.8 Å². The number of hydrogen-bond donors (Lipinski definition) is 1. The van der Waals surface area contributed by atoms with Crippen molar-refractivity contribution < 1.29 is 14.7 Å². The van der Waals surface area contributed by atoms with Crippen LogP contribution in [0.2, 0.25) is 0 Å². The SMILES string of the molecule is C\C=C/C=C\C(=C/C=C/C(=O)CCCC(=O)O)Sc1ccc([S+](c2ccccc2)c2ccccc2)cc1. The highest BCUT2D eigenvalue weighted by molar-refractivity contribution is 8.03. The second-order valence-corrected chi connectivity index (χ2v) is 11.2. The van der Waals surface area contributed by atoms with E-state index in [4.69, 9.17) is 5.11 Å². The summed E-state index contributed by atoms with van der Waals surface area (Å²) in [6, 6.07) is 29.8. The zero-order valence-corrected chi connectivity index (χ0v) is 22.5. The van der Waals surface area contributed by atoms with Crippen LogP contribution in [0.15, 0.2) is 152 Å². The molecule has 0 aliphatic rings. The third-order valence-electron chi connectivity index (χ3n) is 5.17. The molecule has 188 valence electrons. The Kier molecular flexibility index (Phi) is 11.8. The average Bonchev–Trinajstić information content (AvgIpc) is 2.91. The first-order chi connectivity index (χ1) is 18.1. The molecule has 0 spiro atoms. The molecule has 0 radical (unpaired) electrons. The predicted octanol–water partition coefficient (Wildman–Crippen LogP) is 8.27. The molecule has 1 N–H and O–H groups in total. The largest absolute Gasteiger partial charge is 0.481 e. The molecule has 0 atom stereocenters. The lowest BCUT2D eigenvalue weighted by Gasteiger charge is -2.09. The highest BCUT2D eigenvalue weighted by atomic mass is 32.2. The van der Waals surface area contributed by atoms with Crippen molar-refractivity contribution in [3.63, 3.8) is 0 Å². The van der Waals surface area contributed by atoms with Crippen LogP contribution < -0.4 is 0 Å². The van der Waals surface area contributed by atoms with Gasteiger partial charge in [0.2, 0.25) is 0 Å². The Labute approximate surface area is 226 Å². The molecule has 0 bridgehead atoms. The van der Waals surface area contributed by atoms with Gasteiger partial charge in [-0.1, -0.05) is 72.5 Å². The summed E-state index contributed by atoms with van der Waals surface area (Å²) in [7, 11) is -0.190. The van der Waals surface area contributed by atoms with Gasteiger partial charge in [-0.25, -0.2) is 0 Å². The van der Waals surface area contributed by atoms with E-state index in [-0.39, 0.29) is 29.5 Å². The molecule has 0 saturated carbocycles. The maximum absolute atomic E-state index is 12.0. The van der Waals surface area contributed by atoms with Gasteiger partial charge in [-0.3, -0.25) is 9.59 Å². The number of rotatable bonds is 13. The molecule has 0 amide bonds. The van der Waals surface area contributed by atoms with Crippen molar-refractivity contribution in [2.45, 2.75) is 45.8 Å². The fraction of sp³-hybridized carbons (Fsp3) is 0.125. The number of aliphatic carboxylic acids is 1. The number of hydrogen-bond acceptors (Lipinski definition) is 3. The van der Waals surface area contributed by atoms with Gasteiger partial charge in [0.25, 0.3) is 0 Å². The maximum atomic E-state index is 12.0. The zero-order chi connectivity index (χ0) is 26.3. The summed E-state index contributed by atoms with van der Waals surface area (Å²) in [5.41, 5.74) is 0. The van der Waals surface area contributed by atoms with Crippen molar-refractivity contribution in [2.24, 2.45) is 0 Å². The van der Waals surface area contributed by atoms with Crippen LogP contribution in [-0.4, -0.2) is 16.9 Å². The third kappa shape index (κ3) is 9.79. The highest BCUT2D eigenvalue weighted by Gasteiger charge is 2.28. The Morgan fingerprint density at radius 3 is 1.92 bits per heavy atom. The lowest BCUT2D eigenvalue weighted by Crippen LogP contribution is -2.04. The molecular formula is C32H31O3S2+. The molecule has 3 rings (SSSR count). The highest BCUT2D eigenvalue weighted by Crippen LogP contribution is 2.34. The van der Waals surface area contributed by atoms with Gasteiger partial charge in [0.1, 0.15) is 0 Å². The molecule has 0 aliphatic carbocycles. The first kappa shape index (κ1) is 28.0. The van der Waals surface area contributed by atoms with Crippen LogP contribution in [0, 0.1) is 0 Å². The summed E-state index contributed by atoms with van der Waals surface area (Å²) in [6.45, 7) is 1.96. The standard InChI is InChI=1S/C32H30O3S2/c1-2-3-6-15-27(16-11-13-26(33)14-12-21-32(34)35)36-28-22-24-31(25-23-28)37(29-17-7-4-8-18-29)30-19-9-5-10-20-30/h2-11,13,15-20,22-25H,12,14,21H2,1H3/p+1/b3-2-,13-11+,15-6-,27-16+. The van der Waals surface area contributed by atoms with Crippen LogP contribution in [0.5, 0.6) is 0 Å². The van der Waals surface area contributed by atoms with Gasteiger partial charge in [0.05, 0.1) is 10.9 Å². The molecule has 0 saturated heterocycles. The molecule has 3 nitrogen and oxygen atoms in total. The molecule has 37 heavy (non-hydrogen) atoms. The third-order valence-corrected chi connectivity index (χ3v) is 8.42. The van der Waals surface area contributed by atoms with Crippen molar-refractivity contribution >= 4 is 34.4 Å². The lowest BCUT2D eigenvalue weighted by molar-refractivity contribution is -0.137. The molecular weight excluding hydrogens is 496 g/mol. The van der Waals surface area contributed by atoms with Gasteiger partial charge >= 0.3 is 5.97 Å². The summed E-state index contributed by atoms with van der Waals surface area (Å²) in [4.78, 5) is 28.6. The second-order valence-electron chi connectivity index (χ2n) is 8.03. The van der Waals surface area contributed by atoms with E-state index < -0.39 is 5.97 Å². The summed E-state index contributed by atoms with van der Waals surface area (Å²) in [5.74, 6) is -0.951. The van der Waals surface area contributed by atoms with E-state index in [1.807, 2.05) is 49.4 Å². The van der Waals surface area contributed by atoms with Crippen molar-refractivity contribution in [3.05, 3.63) is 132 Å². The zero-order valence-electron chi connectivity index (χ0n) is 20.8. The lowest BCUT2D eigenvalue weighted by atomic mass is 10.1. The minimum Gasteiger partial charge on any atom is -0.481 e. The number of carbonyl (C=O) groups is 2. The minimum atomic E-state index is -0.880. The normalized spacial score (nSPS) is 12.2. The van der Waals surface area contributed by atoms with E-state index in [0.29, 0.717) is 6.42 Å². The van der Waals surface area contributed by atoms with Gasteiger partial charge in [0.15, 0.2) is 20.5 Å². The van der Waals surface area contributed by atoms with Crippen LogP contribution in [0.25, 0.3) is 0 Å². The fourth-order valence-corrected chi connectivity index (χ4v) is 6.35. The van der Waals surface area contributed by atoms with Gasteiger partial charge in [-0.15, -0.1) is 0 Å². The Morgan fingerprint density at radius 2 is 1.35 bits per heavy atom. The number of carboxylic acids is 1. The van der Waals surface area contributed by atoms with Crippen LogP contribution in [0.4, 0.5) is 0 Å². The minimum absolute atomic E-state index is 0.00851. The maximum Gasteiger partial charge on any atom is 0.303 e. The van der Waals surface area contributed by atoms with Crippen LogP contribution in [0.3, 0.4) is 0 Å². The van der Waals surface area contributed by atoms with E-state index >= 15 is 0 Å². The first-order valence-electron chi connectivity index (χ1n) is 12.1. The first-order valence-corrected chi connectivity index (χ1v) is 14.2. The summed E-state index contributed by atoms with van der Waals surface area (Å²) >= 11 is 1.63. The average molecular weight is 528 g/mol. The molecule has 5 heteroatoms. The second kappa shape index (κ2) is 15.5. The van der Waals surface area contributed by atoms with Crippen LogP contribution >= 0.6 is 11.8 Å². The molecule has 3 aromatic carbocycles. The molecule has 3 aromatic rings. The molecule has 0 unspecified atom stereocenters. The fourth-order valence-electron chi connectivity index (χ4n) is 3.43. The molecule has 0 aromatic heterocycles. The topological polar surface area (TPSA) is 54.4 Å². The summed E-state index contributed by atoms with van der Waals surface area (Å²) in [5, 5.41) is 8.73. The Hall–Kier alpha value is -3.54. The quantitative estimate of drug-likeness (QED) is 0.105. The summed E-state index contributed by atoms with van der Waals surface area (Å²) in [6.07, 6.45) is 13.7. The number of carboxylic acid groups (broad SMARTS) is 1. The van der Waals surface area contributed by atoms with Gasteiger partial charge in [-0.05, 0) is 80.1 Å². The monoisotopic (exact) mass is 527 g/mol. The van der Waals surface area contributed by atoms with Gasteiger partial charge in [-0.2, -0.15) is 0 Å². The number of thioether (sulfide) groups is 1. The summed E-state index contributed by atoms with van der Waals surface area (Å²) < 4.78 is 0. The number of allylic oxidation sites excluding steroid dienone is 7. The Bertz CT molecular complexity index is 1220. The van der Waals surface area contributed by atoms with Crippen molar-refractivity contribution in [3.8, 4) is 0 Å². The van der Waals surface area contributed by atoms with Crippen LogP contribution in [0.1, 0.15) is 26.2 Å². The number of benzene rings is 3. The Balaban J connectivity index is 1.77. The van der Waals surface area contributed by atoms with E-state index in [2.05, 4.69) is 72.8 Å². The van der Waals surface area contributed by atoms with Crippen molar-refractivity contribution in [2.75, 3.05) is 0 Å². The molecule has 0 aliphatic heterocycles. The smallest absolute Gasteiger partial charge is 0.303 e. The molecule has 0 heterocycles. The van der Waals surface area contributed by atoms with E-state index in [1.54, 1.807) is 17.8 Å².